The van der Waals surface area contributed by atoms with Crippen molar-refractivity contribution in [2.24, 2.45) is 0 Å². The molecular weight excluding hydrogens is 404 g/mol. The molecule has 0 unspecified atom stereocenters. The van der Waals surface area contributed by atoms with E-state index in [0.717, 1.165) is 17.0 Å². The van der Waals surface area contributed by atoms with Gasteiger partial charge in [-0.25, -0.2) is 4.98 Å². The number of benzene rings is 1. The maximum absolute atomic E-state index is 13.1. The highest BCUT2D eigenvalue weighted by Crippen LogP contribution is 2.18. The van der Waals surface area contributed by atoms with Crippen molar-refractivity contribution in [2.45, 2.75) is 19.6 Å². The van der Waals surface area contributed by atoms with Gasteiger partial charge in [0, 0.05) is 42.9 Å². The SMILES string of the molecule is O=C(c1cccs1)N(Cc1cccnc1)Cc1nccn1Cc1cccc(Cl)c1. The standard InChI is InChI=1S/C22H19ClN4OS/c23-19-6-1-4-17(12-19)14-26-10-9-25-21(26)16-27(15-18-5-2-8-24-13-18)22(28)20-7-3-11-29-20/h1-13H,14-16H2. The van der Waals surface area contributed by atoms with Crippen LogP contribution in [0.2, 0.25) is 5.02 Å². The Hall–Kier alpha value is -2.96. The first kappa shape index (κ1) is 19.4. The van der Waals surface area contributed by atoms with Crippen molar-refractivity contribution in [3.05, 3.63) is 106 Å². The van der Waals surface area contributed by atoms with E-state index in [2.05, 4.69) is 9.97 Å². The van der Waals surface area contributed by atoms with Crippen molar-refractivity contribution >= 4 is 28.8 Å². The van der Waals surface area contributed by atoms with E-state index in [9.17, 15) is 4.79 Å². The number of nitrogens with zero attached hydrogens (tertiary/aromatic N) is 4. The average Bonchev–Trinajstić information content (AvgIpc) is 3.40. The number of pyridine rings is 1. The van der Waals surface area contributed by atoms with E-state index in [1.807, 2.05) is 64.7 Å². The van der Waals surface area contributed by atoms with Crippen molar-refractivity contribution < 1.29 is 4.79 Å². The number of imidazole rings is 1. The van der Waals surface area contributed by atoms with Crippen molar-refractivity contribution in [3.8, 4) is 0 Å². The van der Waals surface area contributed by atoms with Crippen molar-refractivity contribution in [3.63, 3.8) is 0 Å². The minimum absolute atomic E-state index is 0.0128. The molecule has 0 aliphatic rings. The lowest BCUT2D eigenvalue weighted by atomic mass is 10.2. The van der Waals surface area contributed by atoms with Crippen LogP contribution in [0, 0.1) is 0 Å². The Kier molecular flexibility index (Phi) is 6.03. The third-order valence-corrected chi connectivity index (χ3v) is 5.58. The van der Waals surface area contributed by atoms with Gasteiger partial charge in [-0.1, -0.05) is 35.9 Å². The quantitative estimate of drug-likeness (QED) is 0.426. The van der Waals surface area contributed by atoms with Gasteiger partial charge in [-0.2, -0.15) is 0 Å². The fraction of sp³-hybridized carbons (Fsp3) is 0.136. The molecule has 0 bridgehead atoms. The van der Waals surface area contributed by atoms with Crippen LogP contribution in [0.5, 0.6) is 0 Å². The molecule has 1 aromatic carbocycles. The fourth-order valence-electron chi connectivity index (χ4n) is 3.11. The van der Waals surface area contributed by atoms with E-state index in [-0.39, 0.29) is 5.91 Å². The first-order chi connectivity index (χ1) is 14.2. The molecule has 146 valence electrons. The molecule has 0 spiro atoms. The van der Waals surface area contributed by atoms with E-state index >= 15 is 0 Å². The second-order valence-corrected chi connectivity index (χ2v) is 7.99. The monoisotopic (exact) mass is 422 g/mol. The molecule has 0 atom stereocenters. The van der Waals surface area contributed by atoms with Gasteiger partial charge >= 0.3 is 0 Å². The number of carbonyl (C=O) groups is 1. The number of amides is 1. The first-order valence-electron chi connectivity index (χ1n) is 9.15. The summed E-state index contributed by atoms with van der Waals surface area (Å²) >= 11 is 7.56. The number of rotatable bonds is 7. The van der Waals surface area contributed by atoms with Crippen LogP contribution in [-0.4, -0.2) is 25.3 Å². The predicted octanol–water partition coefficient (Wildman–Crippen LogP) is 4.88. The van der Waals surface area contributed by atoms with Crippen LogP contribution in [0.25, 0.3) is 0 Å². The maximum Gasteiger partial charge on any atom is 0.264 e. The number of hydrogen-bond donors (Lipinski definition) is 0. The second-order valence-electron chi connectivity index (χ2n) is 6.60. The van der Waals surface area contributed by atoms with Gasteiger partial charge in [0.2, 0.25) is 0 Å². The van der Waals surface area contributed by atoms with Crippen molar-refractivity contribution in [1.29, 1.82) is 0 Å². The maximum atomic E-state index is 13.1. The van der Waals surface area contributed by atoms with Crippen LogP contribution in [-0.2, 0) is 19.6 Å². The molecule has 29 heavy (non-hydrogen) atoms. The Morgan fingerprint density at radius 1 is 1.07 bits per heavy atom. The number of halogens is 1. The third-order valence-electron chi connectivity index (χ3n) is 4.49. The number of aromatic nitrogens is 3. The van der Waals surface area contributed by atoms with Crippen LogP contribution in [0.1, 0.15) is 26.6 Å². The molecule has 3 heterocycles. The molecule has 0 aliphatic carbocycles. The molecule has 5 nitrogen and oxygen atoms in total. The zero-order chi connectivity index (χ0) is 20.1. The summed E-state index contributed by atoms with van der Waals surface area (Å²) < 4.78 is 2.05. The van der Waals surface area contributed by atoms with Gasteiger partial charge in [0.05, 0.1) is 11.4 Å². The predicted molar refractivity (Wildman–Crippen MR) is 115 cm³/mol. The molecule has 0 saturated heterocycles. The minimum atomic E-state index is -0.0128. The third kappa shape index (κ3) is 4.91. The van der Waals surface area contributed by atoms with Gasteiger partial charge in [-0.3, -0.25) is 9.78 Å². The smallest absolute Gasteiger partial charge is 0.264 e. The second kappa shape index (κ2) is 9.03. The summed E-state index contributed by atoms with van der Waals surface area (Å²) in [7, 11) is 0. The molecular formula is C22H19ClN4OS. The largest absolute Gasteiger partial charge is 0.329 e. The van der Waals surface area contributed by atoms with Gasteiger partial charge < -0.3 is 9.47 Å². The Bertz CT molecular complexity index is 1080. The Balaban J connectivity index is 1.58. The van der Waals surface area contributed by atoms with E-state index in [4.69, 9.17) is 11.6 Å². The number of hydrogen-bond acceptors (Lipinski definition) is 4. The molecule has 0 fully saturated rings. The summed E-state index contributed by atoms with van der Waals surface area (Å²) in [6.45, 7) is 1.51. The summed E-state index contributed by atoms with van der Waals surface area (Å²) in [4.78, 5) is 24.3. The van der Waals surface area contributed by atoms with Crippen molar-refractivity contribution in [1.82, 2.24) is 19.4 Å². The summed E-state index contributed by atoms with van der Waals surface area (Å²) in [5.74, 6) is 0.805. The zero-order valence-electron chi connectivity index (χ0n) is 15.6. The van der Waals surface area contributed by atoms with Crippen LogP contribution in [0.4, 0.5) is 0 Å². The zero-order valence-corrected chi connectivity index (χ0v) is 17.2. The van der Waals surface area contributed by atoms with Crippen LogP contribution in [0.3, 0.4) is 0 Å². The summed E-state index contributed by atoms with van der Waals surface area (Å²) in [6, 6.07) is 15.3. The normalized spacial score (nSPS) is 10.8. The van der Waals surface area contributed by atoms with E-state index in [0.29, 0.717) is 29.5 Å². The van der Waals surface area contributed by atoms with E-state index in [1.165, 1.54) is 11.3 Å². The van der Waals surface area contributed by atoms with E-state index in [1.54, 1.807) is 23.5 Å². The van der Waals surface area contributed by atoms with Gasteiger partial charge in [-0.05, 0) is 40.8 Å². The highest BCUT2D eigenvalue weighted by molar-refractivity contribution is 7.12. The molecule has 1 amide bonds. The molecule has 7 heteroatoms. The molecule has 4 aromatic rings. The Morgan fingerprint density at radius 3 is 2.72 bits per heavy atom. The number of carbonyl (C=O) groups excluding carboxylic acids is 1. The lowest BCUT2D eigenvalue weighted by molar-refractivity contribution is 0.0728. The Morgan fingerprint density at radius 2 is 1.97 bits per heavy atom. The van der Waals surface area contributed by atoms with Gasteiger partial charge in [-0.15, -0.1) is 11.3 Å². The van der Waals surface area contributed by atoms with Gasteiger partial charge in [0.1, 0.15) is 5.82 Å². The highest BCUT2D eigenvalue weighted by atomic mass is 35.5. The van der Waals surface area contributed by atoms with E-state index < -0.39 is 0 Å². The summed E-state index contributed by atoms with van der Waals surface area (Å²) in [5, 5.41) is 2.62. The minimum Gasteiger partial charge on any atom is -0.329 e. The van der Waals surface area contributed by atoms with Crippen LogP contribution < -0.4 is 0 Å². The fourth-order valence-corrected chi connectivity index (χ4v) is 4.01. The summed E-state index contributed by atoms with van der Waals surface area (Å²) in [5.41, 5.74) is 2.06. The van der Waals surface area contributed by atoms with Crippen LogP contribution in [0.15, 0.2) is 78.7 Å². The lowest BCUT2D eigenvalue weighted by Crippen LogP contribution is -2.31. The van der Waals surface area contributed by atoms with Gasteiger partial charge in [0.15, 0.2) is 0 Å². The topological polar surface area (TPSA) is 51.0 Å². The average molecular weight is 423 g/mol. The van der Waals surface area contributed by atoms with Crippen LogP contribution >= 0.6 is 22.9 Å². The molecule has 4 rings (SSSR count). The lowest BCUT2D eigenvalue weighted by Gasteiger charge is -2.22. The molecule has 0 N–H and O–H groups in total. The number of thiophene rings is 1. The molecule has 0 radical (unpaired) electrons. The molecule has 3 aromatic heterocycles. The van der Waals surface area contributed by atoms with Gasteiger partial charge in [0.25, 0.3) is 5.91 Å². The first-order valence-corrected chi connectivity index (χ1v) is 10.4. The molecule has 0 aliphatic heterocycles. The Labute approximate surface area is 178 Å². The summed E-state index contributed by atoms with van der Waals surface area (Å²) in [6.07, 6.45) is 7.20. The molecule has 0 saturated carbocycles. The van der Waals surface area contributed by atoms with Crippen molar-refractivity contribution in [2.75, 3.05) is 0 Å². The highest BCUT2D eigenvalue weighted by Gasteiger charge is 2.20.